The molecule has 1 fully saturated rings. The summed E-state index contributed by atoms with van der Waals surface area (Å²) >= 11 is 0. The van der Waals surface area contributed by atoms with Crippen LogP contribution in [0.1, 0.15) is 42.7 Å². The van der Waals surface area contributed by atoms with Crippen molar-refractivity contribution in [3.8, 4) is 0 Å². The smallest absolute Gasteiger partial charge is 0.337 e. The van der Waals surface area contributed by atoms with Crippen LogP contribution in [0.2, 0.25) is 0 Å². The van der Waals surface area contributed by atoms with E-state index >= 15 is 0 Å². The molecule has 2 aromatic rings. The first-order valence-electron chi connectivity index (χ1n) is 9.11. The van der Waals surface area contributed by atoms with Crippen molar-refractivity contribution >= 4 is 5.91 Å². The number of hydrogen-bond donors (Lipinski definition) is 0. The molecule has 0 unspecified atom stereocenters. The lowest BCUT2D eigenvalue weighted by Crippen LogP contribution is -2.43. The molecule has 1 aromatic heterocycles. The summed E-state index contributed by atoms with van der Waals surface area (Å²) in [6.07, 6.45) is 6.98. The number of benzene rings is 1. The van der Waals surface area contributed by atoms with Gasteiger partial charge in [0, 0.05) is 25.6 Å². The highest BCUT2D eigenvalue weighted by atomic mass is 16.2. The van der Waals surface area contributed by atoms with Crippen LogP contribution in [-0.2, 0) is 24.8 Å². The van der Waals surface area contributed by atoms with Gasteiger partial charge in [-0.3, -0.25) is 9.36 Å². The maximum absolute atomic E-state index is 12.9. The standard InChI is InChI=1S/C19H24N4O2/c1-21-13-20-23(19(21)25)12-18(24)22-11-5-10-17(22)16-9-4-7-14-6-2-3-8-15(14)16/h2-3,6,8,13,16-17H,4-5,7,9-12H2,1H3/t16-,17-/m1/s1. The second-order valence-electron chi connectivity index (χ2n) is 7.18. The minimum Gasteiger partial charge on any atom is -0.337 e. The predicted octanol–water partition coefficient (Wildman–Crippen LogP) is 1.69. The monoisotopic (exact) mass is 340 g/mol. The molecule has 0 saturated carbocycles. The minimum atomic E-state index is -0.243. The number of fused-ring (bicyclic) bond motifs is 1. The van der Waals surface area contributed by atoms with Gasteiger partial charge in [0.05, 0.1) is 0 Å². The molecule has 25 heavy (non-hydrogen) atoms. The third-order valence-electron chi connectivity index (χ3n) is 5.67. The maximum atomic E-state index is 12.9. The molecule has 4 rings (SSSR count). The van der Waals surface area contributed by atoms with E-state index in [1.165, 1.54) is 33.1 Å². The third kappa shape index (κ3) is 2.90. The van der Waals surface area contributed by atoms with Crippen LogP contribution < -0.4 is 5.69 Å². The molecule has 1 aliphatic heterocycles. The van der Waals surface area contributed by atoms with Gasteiger partial charge in [-0.2, -0.15) is 5.10 Å². The molecule has 0 N–H and O–H groups in total. The largest absolute Gasteiger partial charge is 0.345 e. The van der Waals surface area contributed by atoms with Crippen LogP contribution in [-0.4, -0.2) is 37.7 Å². The maximum Gasteiger partial charge on any atom is 0.345 e. The predicted molar refractivity (Wildman–Crippen MR) is 94.3 cm³/mol. The summed E-state index contributed by atoms with van der Waals surface area (Å²) in [7, 11) is 1.65. The molecule has 2 atom stereocenters. The van der Waals surface area contributed by atoms with E-state index in [0.717, 1.165) is 32.2 Å². The molecule has 0 spiro atoms. The van der Waals surface area contributed by atoms with Crippen molar-refractivity contribution in [2.75, 3.05) is 6.54 Å². The van der Waals surface area contributed by atoms with E-state index in [1.54, 1.807) is 7.05 Å². The molecule has 2 heterocycles. The molecule has 6 nitrogen and oxygen atoms in total. The number of aromatic nitrogens is 3. The first-order chi connectivity index (χ1) is 12.1. The molecule has 132 valence electrons. The van der Waals surface area contributed by atoms with Gasteiger partial charge in [-0.25, -0.2) is 9.48 Å². The Morgan fingerprint density at radius 3 is 2.88 bits per heavy atom. The molecular formula is C19H24N4O2. The Labute approximate surface area is 147 Å². The molecule has 1 saturated heterocycles. The van der Waals surface area contributed by atoms with Crippen LogP contribution in [0.5, 0.6) is 0 Å². The molecular weight excluding hydrogens is 316 g/mol. The number of amides is 1. The lowest BCUT2D eigenvalue weighted by atomic mass is 9.78. The van der Waals surface area contributed by atoms with E-state index in [-0.39, 0.29) is 24.2 Å². The van der Waals surface area contributed by atoms with Gasteiger partial charge in [0.15, 0.2) is 0 Å². The fourth-order valence-corrected chi connectivity index (χ4v) is 4.46. The van der Waals surface area contributed by atoms with Crippen molar-refractivity contribution in [1.29, 1.82) is 0 Å². The van der Waals surface area contributed by atoms with Gasteiger partial charge >= 0.3 is 5.69 Å². The number of hydrogen-bond acceptors (Lipinski definition) is 3. The SMILES string of the molecule is Cn1cnn(CC(=O)N2CCC[C@@H]2[C@@H]2CCCc3ccccc32)c1=O. The number of carbonyl (C=O) groups is 1. The molecule has 1 aliphatic carbocycles. The summed E-state index contributed by atoms with van der Waals surface area (Å²) in [6.45, 7) is 0.814. The molecule has 1 aromatic carbocycles. The summed E-state index contributed by atoms with van der Waals surface area (Å²) in [5.74, 6) is 0.420. The molecule has 1 amide bonds. The Morgan fingerprint density at radius 2 is 2.08 bits per heavy atom. The average molecular weight is 340 g/mol. The van der Waals surface area contributed by atoms with Crippen molar-refractivity contribution in [1.82, 2.24) is 19.2 Å². The van der Waals surface area contributed by atoms with Crippen molar-refractivity contribution in [3.05, 3.63) is 52.2 Å². The Kier molecular flexibility index (Phi) is 4.19. The molecule has 0 bridgehead atoms. The number of aryl methyl sites for hydroxylation is 2. The van der Waals surface area contributed by atoms with E-state index in [0.29, 0.717) is 5.92 Å². The van der Waals surface area contributed by atoms with Crippen molar-refractivity contribution in [3.63, 3.8) is 0 Å². The minimum absolute atomic E-state index is 0.00588. The van der Waals surface area contributed by atoms with Gasteiger partial charge in [-0.1, -0.05) is 24.3 Å². The molecule has 0 radical (unpaired) electrons. The van der Waals surface area contributed by atoms with E-state index in [9.17, 15) is 9.59 Å². The number of likely N-dealkylation sites (tertiary alicyclic amines) is 1. The van der Waals surface area contributed by atoms with Gasteiger partial charge in [0.1, 0.15) is 12.9 Å². The van der Waals surface area contributed by atoms with Gasteiger partial charge < -0.3 is 4.90 Å². The summed E-state index contributed by atoms with van der Waals surface area (Å²) in [4.78, 5) is 26.8. The zero-order valence-electron chi connectivity index (χ0n) is 14.6. The van der Waals surface area contributed by atoms with Crippen molar-refractivity contribution in [2.45, 2.75) is 50.6 Å². The fraction of sp³-hybridized carbons (Fsp3) is 0.526. The summed E-state index contributed by atoms with van der Waals surface area (Å²) in [5.41, 5.74) is 2.60. The van der Waals surface area contributed by atoms with Crippen molar-refractivity contribution < 1.29 is 4.79 Å². The lowest BCUT2D eigenvalue weighted by molar-refractivity contribution is -0.133. The molecule has 6 heteroatoms. The normalized spacial score (nSPS) is 22.8. The zero-order chi connectivity index (χ0) is 17.4. The van der Waals surface area contributed by atoms with Gasteiger partial charge in [-0.15, -0.1) is 0 Å². The highest BCUT2D eigenvalue weighted by Gasteiger charge is 2.37. The van der Waals surface area contributed by atoms with Crippen LogP contribution in [0.25, 0.3) is 0 Å². The second-order valence-corrected chi connectivity index (χ2v) is 7.18. The Morgan fingerprint density at radius 1 is 1.24 bits per heavy atom. The summed E-state index contributed by atoms with van der Waals surface area (Å²) in [6, 6.07) is 8.89. The highest BCUT2D eigenvalue weighted by molar-refractivity contribution is 5.76. The number of nitrogens with zero attached hydrogens (tertiary/aromatic N) is 4. The van der Waals surface area contributed by atoms with Crippen molar-refractivity contribution in [2.24, 2.45) is 7.05 Å². The van der Waals surface area contributed by atoms with Crippen LogP contribution in [0.15, 0.2) is 35.4 Å². The van der Waals surface area contributed by atoms with Crippen LogP contribution in [0, 0.1) is 0 Å². The second kappa shape index (κ2) is 6.50. The molecule has 2 aliphatic rings. The Balaban J connectivity index is 1.56. The zero-order valence-corrected chi connectivity index (χ0v) is 14.6. The summed E-state index contributed by atoms with van der Waals surface area (Å²) in [5, 5.41) is 4.02. The Bertz CT molecular complexity index is 838. The quantitative estimate of drug-likeness (QED) is 0.854. The van der Waals surface area contributed by atoms with Crippen LogP contribution in [0.3, 0.4) is 0 Å². The van der Waals surface area contributed by atoms with E-state index in [2.05, 4.69) is 29.4 Å². The number of rotatable bonds is 3. The topological polar surface area (TPSA) is 60.1 Å². The van der Waals surface area contributed by atoms with E-state index < -0.39 is 0 Å². The first-order valence-corrected chi connectivity index (χ1v) is 9.11. The number of carbonyl (C=O) groups excluding carboxylic acids is 1. The van der Waals surface area contributed by atoms with Crippen LogP contribution >= 0.6 is 0 Å². The highest BCUT2D eigenvalue weighted by Crippen LogP contribution is 2.39. The summed E-state index contributed by atoms with van der Waals surface area (Å²) < 4.78 is 2.65. The average Bonchev–Trinajstić information content (AvgIpc) is 3.24. The third-order valence-corrected chi connectivity index (χ3v) is 5.67. The fourth-order valence-electron chi connectivity index (χ4n) is 4.46. The van der Waals surface area contributed by atoms with E-state index in [4.69, 9.17) is 0 Å². The van der Waals surface area contributed by atoms with E-state index in [1.807, 2.05) is 4.90 Å². The first kappa shape index (κ1) is 16.1. The van der Waals surface area contributed by atoms with Crippen LogP contribution in [0.4, 0.5) is 0 Å². The lowest BCUT2D eigenvalue weighted by Gasteiger charge is -2.35. The van der Waals surface area contributed by atoms with Gasteiger partial charge in [0.2, 0.25) is 5.91 Å². The van der Waals surface area contributed by atoms with Gasteiger partial charge in [-0.05, 0) is 43.2 Å². The Hall–Kier alpha value is -2.37. The van der Waals surface area contributed by atoms with Gasteiger partial charge in [0.25, 0.3) is 0 Å².